The average Bonchev–Trinajstić information content (AvgIpc) is 2.91. The molecule has 21 heavy (non-hydrogen) atoms. The molecule has 3 aromatic rings. The number of fused-ring (bicyclic) bond motifs is 1. The second-order valence-electron chi connectivity index (χ2n) is 4.46. The zero-order valence-electron chi connectivity index (χ0n) is 11.0. The van der Waals surface area contributed by atoms with E-state index in [1.807, 2.05) is 18.2 Å². The lowest BCUT2D eigenvalue weighted by Crippen LogP contribution is -2.18. The number of anilines is 1. The predicted octanol–water partition coefficient (Wildman–Crippen LogP) is 1.69. The van der Waals surface area contributed by atoms with E-state index in [1.54, 1.807) is 41.0 Å². The highest BCUT2D eigenvalue weighted by atomic mass is 16.2. The maximum atomic E-state index is 12.2. The summed E-state index contributed by atoms with van der Waals surface area (Å²) in [5, 5.41) is 6.83. The second-order valence-corrected chi connectivity index (χ2v) is 4.46. The summed E-state index contributed by atoms with van der Waals surface area (Å²) < 4.78 is 1.61. The van der Waals surface area contributed by atoms with Gasteiger partial charge in [0.1, 0.15) is 0 Å². The van der Waals surface area contributed by atoms with Crippen molar-refractivity contribution in [3.05, 3.63) is 66.0 Å². The molecule has 2 amide bonds. The van der Waals surface area contributed by atoms with Gasteiger partial charge in [-0.2, -0.15) is 5.10 Å². The highest BCUT2D eigenvalue weighted by Crippen LogP contribution is 2.16. The lowest BCUT2D eigenvalue weighted by Gasteiger charge is -2.06. The number of pyridine rings is 1. The van der Waals surface area contributed by atoms with Gasteiger partial charge in [0.05, 0.1) is 16.8 Å². The molecule has 104 valence electrons. The minimum Gasteiger partial charge on any atom is -0.366 e. The summed E-state index contributed by atoms with van der Waals surface area (Å²) in [6, 6.07) is 13.8. The quantitative estimate of drug-likeness (QED) is 0.765. The molecule has 0 spiro atoms. The minimum absolute atomic E-state index is 0.259. The van der Waals surface area contributed by atoms with Crippen molar-refractivity contribution < 1.29 is 9.59 Å². The smallest absolute Gasteiger partial charge is 0.276 e. The van der Waals surface area contributed by atoms with Crippen LogP contribution in [0.25, 0.3) is 5.52 Å². The SMILES string of the molecule is NC(=O)c1ccccc1NC(=O)c1cc2ccccn2n1. The van der Waals surface area contributed by atoms with Crippen molar-refractivity contribution in [2.24, 2.45) is 5.73 Å². The largest absolute Gasteiger partial charge is 0.366 e. The molecule has 0 aliphatic heterocycles. The van der Waals surface area contributed by atoms with Gasteiger partial charge in [-0.15, -0.1) is 0 Å². The van der Waals surface area contributed by atoms with Crippen LogP contribution in [0.2, 0.25) is 0 Å². The van der Waals surface area contributed by atoms with Gasteiger partial charge in [0.25, 0.3) is 11.8 Å². The van der Waals surface area contributed by atoms with Gasteiger partial charge in [-0.3, -0.25) is 9.59 Å². The van der Waals surface area contributed by atoms with Crippen LogP contribution in [-0.2, 0) is 0 Å². The highest BCUT2D eigenvalue weighted by molar-refractivity contribution is 6.08. The van der Waals surface area contributed by atoms with Crippen molar-refractivity contribution in [3.63, 3.8) is 0 Å². The maximum absolute atomic E-state index is 12.2. The van der Waals surface area contributed by atoms with Gasteiger partial charge in [-0.25, -0.2) is 4.52 Å². The Morgan fingerprint density at radius 3 is 2.62 bits per heavy atom. The fraction of sp³-hybridized carbons (Fsp3) is 0. The third-order valence-electron chi connectivity index (χ3n) is 3.04. The molecule has 6 nitrogen and oxygen atoms in total. The van der Waals surface area contributed by atoms with Crippen LogP contribution < -0.4 is 11.1 Å². The Labute approximate surface area is 120 Å². The fourth-order valence-corrected chi connectivity index (χ4v) is 2.04. The Bertz CT molecular complexity index is 805. The van der Waals surface area contributed by atoms with Gasteiger partial charge in [-0.1, -0.05) is 18.2 Å². The Morgan fingerprint density at radius 2 is 1.86 bits per heavy atom. The van der Waals surface area contributed by atoms with Gasteiger partial charge in [0, 0.05) is 6.20 Å². The molecule has 0 aliphatic carbocycles. The molecule has 1 aromatic carbocycles. The minimum atomic E-state index is -0.596. The number of para-hydroxylation sites is 1. The average molecular weight is 280 g/mol. The van der Waals surface area contributed by atoms with Gasteiger partial charge in [0.15, 0.2) is 5.69 Å². The van der Waals surface area contributed by atoms with Crippen LogP contribution in [0.4, 0.5) is 5.69 Å². The van der Waals surface area contributed by atoms with Crippen molar-refractivity contribution in [1.29, 1.82) is 0 Å². The van der Waals surface area contributed by atoms with E-state index < -0.39 is 11.8 Å². The van der Waals surface area contributed by atoms with E-state index in [9.17, 15) is 9.59 Å². The summed E-state index contributed by atoms with van der Waals surface area (Å²) in [4.78, 5) is 23.6. The molecule has 6 heteroatoms. The molecule has 3 N–H and O–H groups in total. The molecular formula is C15H12N4O2. The number of hydrogen-bond acceptors (Lipinski definition) is 3. The van der Waals surface area contributed by atoms with Crippen LogP contribution in [0.1, 0.15) is 20.8 Å². The molecule has 0 unspecified atom stereocenters. The van der Waals surface area contributed by atoms with Crippen LogP contribution in [0.5, 0.6) is 0 Å². The van der Waals surface area contributed by atoms with Gasteiger partial charge < -0.3 is 11.1 Å². The van der Waals surface area contributed by atoms with E-state index in [0.717, 1.165) is 5.52 Å². The van der Waals surface area contributed by atoms with Crippen molar-refractivity contribution >= 4 is 23.0 Å². The van der Waals surface area contributed by atoms with Gasteiger partial charge in [0.2, 0.25) is 0 Å². The van der Waals surface area contributed by atoms with E-state index in [2.05, 4.69) is 10.4 Å². The van der Waals surface area contributed by atoms with Crippen LogP contribution in [-0.4, -0.2) is 21.4 Å². The molecule has 0 aliphatic rings. The number of carbonyl (C=O) groups is 2. The van der Waals surface area contributed by atoms with Crippen molar-refractivity contribution in [1.82, 2.24) is 9.61 Å². The zero-order valence-corrected chi connectivity index (χ0v) is 11.0. The number of benzene rings is 1. The van der Waals surface area contributed by atoms with Crippen LogP contribution in [0.15, 0.2) is 54.7 Å². The number of rotatable bonds is 3. The molecule has 3 rings (SSSR count). The first-order valence-corrected chi connectivity index (χ1v) is 6.30. The number of carbonyl (C=O) groups excluding carboxylic acids is 2. The van der Waals surface area contributed by atoms with Gasteiger partial charge in [-0.05, 0) is 30.3 Å². The van der Waals surface area contributed by atoms with E-state index in [-0.39, 0.29) is 11.3 Å². The number of primary amides is 1. The van der Waals surface area contributed by atoms with E-state index in [1.165, 1.54) is 0 Å². The number of nitrogens with one attached hydrogen (secondary N) is 1. The fourth-order valence-electron chi connectivity index (χ4n) is 2.04. The number of amides is 2. The summed E-state index contributed by atoms with van der Waals surface area (Å²) in [5.74, 6) is -0.992. The molecule has 2 heterocycles. The highest BCUT2D eigenvalue weighted by Gasteiger charge is 2.14. The predicted molar refractivity (Wildman–Crippen MR) is 78.1 cm³/mol. The molecule has 0 saturated heterocycles. The zero-order chi connectivity index (χ0) is 14.8. The molecule has 0 radical (unpaired) electrons. The van der Waals surface area contributed by atoms with Gasteiger partial charge >= 0.3 is 0 Å². The topological polar surface area (TPSA) is 89.5 Å². The Kier molecular flexibility index (Phi) is 3.12. The second kappa shape index (κ2) is 5.09. The van der Waals surface area contributed by atoms with E-state index >= 15 is 0 Å². The Balaban J connectivity index is 1.91. The van der Waals surface area contributed by atoms with Crippen LogP contribution >= 0.6 is 0 Å². The maximum Gasteiger partial charge on any atom is 0.276 e. The molecule has 0 bridgehead atoms. The lowest BCUT2D eigenvalue weighted by atomic mass is 10.1. The van der Waals surface area contributed by atoms with Crippen LogP contribution in [0.3, 0.4) is 0 Å². The molecule has 0 atom stereocenters. The molecule has 0 fully saturated rings. The van der Waals surface area contributed by atoms with Crippen molar-refractivity contribution in [3.8, 4) is 0 Å². The standard InChI is InChI=1S/C15H12N4O2/c16-14(20)11-6-1-2-7-12(11)17-15(21)13-9-10-5-3-4-8-19(10)18-13/h1-9H,(H2,16,20)(H,17,21). The number of hydrogen-bond donors (Lipinski definition) is 2. The summed E-state index contributed by atoms with van der Waals surface area (Å²) in [5.41, 5.74) is 6.98. The number of aromatic nitrogens is 2. The first kappa shape index (κ1) is 12.9. The first-order valence-electron chi connectivity index (χ1n) is 6.30. The third kappa shape index (κ3) is 2.46. The summed E-state index contributed by atoms with van der Waals surface area (Å²) in [7, 11) is 0. The van der Waals surface area contributed by atoms with Crippen molar-refractivity contribution in [2.75, 3.05) is 5.32 Å². The number of nitrogens with zero attached hydrogens (tertiary/aromatic N) is 2. The Morgan fingerprint density at radius 1 is 1.10 bits per heavy atom. The van der Waals surface area contributed by atoms with Crippen LogP contribution in [0, 0.1) is 0 Å². The monoisotopic (exact) mass is 280 g/mol. The molecular weight excluding hydrogens is 268 g/mol. The van der Waals surface area contributed by atoms with E-state index in [4.69, 9.17) is 5.73 Å². The lowest BCUT2D eigenvalue weighted by molar-refractivity contribution is 0.100. The summed E-state index contributed by atoms with van der Waals surface area (Å²) in [6.07, 6.45) is 1.75. The Hall–Kier alpha value is -3.15. The number of nitrogens with two attached hydrogens (primary N) is 1. The first-order chi connectivity index (χ1) is 10.1. The summed E-state index contributed by atoms with van der Waals surface area (Å²) >= 11 is 0. The molecule has 0 saturated carbocycles. The normalized spacial score (nSPS) is 10.5. The molecule has 2 aromatic heterocycles. The summed E-state index contributed by atoms with van der Waals surface area (Å²) in [6.45, 7) is 0. The van der Waals surface area contributed by atoms with Crippen molar-refractivity contribution in [2.45, 2.75) is 0 Å². The van der Waals surface area contributed by atoms with E-state index in [0.29, 0.717) is 5.69 Å². The third-order valence-corrected chi connectivity index (χ3v) is 3.04.